The summed E-state index contributed by atoms with van der Waals surface area (Å²) in [6.45, 7) is 3.15. The molecule has 0 aromatic carbocycles. The fourth-order valence-electron chi connectivity index (χ4n) is 1.10. The number of hydrogen-bond acceptors (Lipinski definition) is 1. The molecule has 0 aliphatic heterocycles. The van der Waals surface area contributed by atoms with Crippen LogP contribution in [0.4, 0.5) is 0 Å². The van der Waals surface area contributed by atoms with Crippen LogP contribution in [0.1, 0.15) is 19.8 Å². The molecule has 0 aromatic rings. The summed E-state index contributed by atoms with van der Waals surface area (Å²) < 4.78 is 0. The molecule has 1 aliphatic rings. The van der Waals surface area contributed by atoms with Gasteiger partial charge in [-0.2, -0.15) is 0 Å². The van der Waals surface area contributed by atoms with E-state index in [1.54, 1.807) is 0 Å². The summed E-state index contributed by atoms with van der Waals surface area (Å²) in [5.74, 6) is 1.88. The summed E-state index contributed by atoms with van der Waals surface area (Å²) in [7, 11) is 0. The van der Waals surface area contributed by atoms with Gasteiger partial charge in [0.1, 0.15) is 0 Å². The summed E-state index contributed by atoms with van der Waals surface area (Å²) in [5, 5.41) is 0. The molecule has 0 aromatic heterocycles. The van der Waals surface area contributed by atoms with E-state index in [4.69, 9.17) is 5.73 Å². The first kappa shape index (κ1) is 8.25. The van der Waals surface area contributed by atoms with E-state index in [2.05, 4.69) is 6.92 Å². The molecule has 1 rings (SSSR count). The van der Waals surface area contributed by atoms with Crippen LogP contribution in [0.2, 0.25) is 0 Å². The van der Waals surface area contributed by atoms with Crippen LogP contribution < -0.4 is 5.73 Å². The molecule has 2 atom stereocenters. The quantitative estimate of drug-likeness (QED) is 0.609. The van der Waals surface area contributed by atoms with Crippen molar-refractivity contribution in [2.24, 2.45) is 17.6 Å². The van der Waals surface area contributed by atoms with E-state index in [0.29, 0.717) is 0 Å². The Bertz CT molecular complexity index is 57.5. The molecule has 0 heterocycles. The third-order valence-corrected chi connectivity index (χ3v) is 1.90. The topological polar surface area (TPSA) is 26.0 Å². The lowest BCUT2D eigenvalue weighted by atomic mass is 10.3. The van der Waals surface area contributed by atoms with Crippen LogP contribution in [-0.2, 0) is 0 Å². The zero-order chi connectivity index (χ0) is 5.28. The van der Waals surface area contributed by atoms with Crippen LogP contribution in [-0.4, -0.2) is 6.54 Å². The van der Waals surface area contributed by atoms with E-state index < -0.39 is 0 Å². The molecule has 1 aliphatic carbocycles. The maximum atomic E-state index is 5.40. The second-order valence-corrected chi connectivity index (χ2v) is 2.40. The van der Waals surface area contributed by atoms with Crippen LogP contribution in [0.3, 0.4) is 0 Å². The smallest absolute Gasteiger partial charge is 0.00461 e. The lowest BCUT2D eigenvalue weighted by Crippen LogP contribution is -2.01. The van der Waals surface area contributed by atoms with E-state index in [0.717, 1.165) is 18.4 Å². The molecular formula is C6H14ClN. The Labute approximate surface area is 57.1 Å². The summed E-state index contributed by atoms with van der Waals surface area (Å²) in [6, 6.07) is 0. The highest BCUT2D eigenvalue weighted by molar-refractivity contribution is 5.85. The maximum Gasteiger partial charge on any atom is -0.00461 e. The molecule has 2 heteroatoms. The van der Waals surface area contributed by atoms with Gasteiger partial charge in [0.2, 0.25) is 0 Å². The third kappa shape index (κ3) is 1.64. The Morgan fingerprint density at radius 2 is 2.12 bits per heavy atom. The Kier molecular flexibility index (Phi) is 3.41. The summed E-state index contributed by atoms with van der Waals surface area (Å²) in [6.07, 6.45) is 2.73. The molecular weight excluding hydrogens is 122 g/mol. The first-order valence-electron chi connectivity index (χ1n) is 3.08. The van der Waals surface area contributed by atoms with Gasteiger partial charge < -0.3 is 5.73 Å². The van der Waals surface area contributed by atoms with Gasteiger partial charge in [0.05, 0.1) is 0 Å². The Morgan fingerprint density at radius 3 is 2.25 bits per heavy atom. The molecule has 50 valence electrons. The van der Waals surface area contributed by atoms with E-state index >= 15 is 0 Å². The average molecular weight is 136 g/mol. The highest BCUT2D eigenvalue weighted by Crippen LogP contribution is 2.39. The predicted molar refractivity (Wildman–Crippen MR) is 38.2 cm³/mol. The summed E-state index contributed by atoms with van der Waals surface area (Å²) in [5.41, 5.74) is 5.40. The van der Waals surface area contributed by atoms with Gasteiger partial charge in [-0.1, -0.05) is 13.3 Å². The zero-order valence-electron chi connectivity index (χ0n) is 5.26. The van der Waals surface area contributed by atoms with Crippen LogP contribution in [0, 0.1) is 11.8 Å². The van der Waals surface area contributed by atoms with Gasteiger partial charge in [0.15, 0.2) is 0 Å². The largest absolute Gasteiger partial charge is 0.330 e. The minimum atomic E-state index is 0. The SMILES string of the molecule is CCC1CC1CN.Cl. The first-order valence-corrected chi connectivity index (χ1v) is 3.08. The summed E-state index contributed by atoms with van der Waals surface area (Å²) >= 11 is 0. The lowest BCUT2D eigenvalue weighted by molar-refractivity contribution is 0.687. The van der Waals surface area contributed by atoms with Crippen molar-refractivity contribution >= 4 is 12.4 Å². The third-order valence-electron chi connectivity index (χ3n) is 1.90. The maximum absolute atomic E-state index is 5.40. The fraction of sp³-hybridized carbons (Fsp3) is 1.00. The van der Waals surface area contributed by atoms with Crippen molar-refractivity contribution in [3.8, 4) is 0 Å². The first-order chi connectivity index (χ1) is 3.38. The van der Waals surface area contributed by atoms with E-state index in [1.807, 2.05) is 0 Å². The number of rotatable bonds is 2. The highest BCUT2D eigenvalue weighted by Gasteiger charge is 2.33. The number of hydrogen-bond donors (Lipinski definition) is 1. The standard InChI is InChI=1S/C6H13N.ClH/c1-2-5-3-6(5)4-7;/h5-6H,2-4,7H2,1H3;1H. The van der Waals surface area contributed by atoms with Gasteiger partial charge in [-0.15, -0.1) is 12.4 Å². The minimum absolute atomic E-state index is 0. The van der Waals surface area contributed by atoms with E-state index in [1.165, 1.54) is 12.8 Å². The van der Waals surface area contributed by atoms with Gasteiger partial charge in [0, 0.05) is 0 Å². The number of halogens is 1. The van der Waals surface area contributed by atoms with Crippen molar-refractivity contribution in [1.29, 1.82) is 0 Å². The van der Waals surface area contributed by atoms with E-state index in [9.17, 15) is 0 Å². The predicted octanol–water partition coefficient (Wildman–Crippen LogP) is 1.41. The fourth-order valence-corrected chi connectivity index (χ4v) is 1.10. The van der Waals surface area contributed by atoms with Crippen molar-refractivity contribution in [3.05, 3.63) is 0 Å². The lowest BCUT2D eigenvalue weighted by Gasteiger charge is -1.85. The normalized spacial score (nSPS) is 33.8. The molecule has 0 saturated heterocycles. The Hall–Kier alpha value is 0.250. The molecule has 0 radical (unpaired) electrons. The van der Waals surface area contributed by atoms with Crippen molar-refractivity contribution in [1.82, 2.24) is 0 Å². The molecule has 0 amide bonds. The average Bonchev–Trinajstić information content (AvgIpc) is 2.43. The van der Waals surface area contributed by atoms with Gasteiger partial charge in [-0.05, 0) is 24.8 Å². The highest BCUT2D eigenvalue weighted by atomic mass is 35.5. The zero-order valence-corrected chi connectivity index (χ0v) is 6.08. The second kappa shape index (κ2) is 3.31. The number of nitrogens with two attached hydrogens (primary N) is 1. The van der Waals surface area contributed by atoms with Gasteiger partial charge in [0.25, 0.3) is 0 Å². The molecule has 1 saturated carbocycles. The van der Waals surface area contributed by atoms with E-state index in [-0.39, 0.29) is 12.4 Å². The van der Waals surface area contributed by atoms with Gasteiger partial charge >= 0.3 is 0 Å². The van der Waals surface area contributed by atoms with Crippen molar-refractivity contribution in [3.63, 3.8) is 0 Å². The van der Waals surface area contributed by atoms with Crippen LogP contribution >= 0.6 is 12.4 Å². The molecule has 0 spiro atoms. The minimum Gasteiger partial charge on any atom is -0.330 e. The Morgan fingerprint density at radius 1 is 1.50 bits per heavy atom. The van der Waals surface area contributed by atoms with Crippen molar-refractivity contribution in [2.45, 2.75) is 19.8 Å². The molecule has 2 unspecified atom stereocenters. The summed E-state index contributed by atoms with van der Waals surface area (Å²) in [4.78, 5) is 0. The van der Waals surface area contributed by atoms with Crippen LogP contribution in [0.25, 0.3) is 0 Å². The van der Waals surface area contributed by atoms with Crippen molar-refractivity contribution in [2.75, 3.05) is 6.54 Å². The molecule has 2 N–H and O–H groups in total. The molecule has 1 nitrogen and oxygen atoms in total. The second-order valence-electron chi connectivity index (χ2n) is 2.40. The molecule has 8 heavy (non-hydrogen) atoms. The van der Waals surface area contributed by atoms with Crippen LogP contribution in [0.15, 0.2) is 0 Å². The van der Waals surface area contributed by atoms with Crippen LogP contribution in [0.5, 0.6) is 0 Å². The van der Waals surface area contributed by atoms with Gasteiger partial charge in [-0.25, -0.2) is 0 Å². The van der Waals surface area contributed by atoms with Crippen molar-refractivity contribution < 1.29 is 0 Å². The molecule has 0 bridgehead atoms. The molecule has 1 fully saturated rings. The van der Waals surface area contributed by atoms with Gasteiger partial charge in [-0.3, -0.25) is 0 Å². The monoisotopic (exact) mass is 135 g/mol. The Balaban J connectivity index is 0.000000490.